The van der Waals surface area contributed by atoms with Gasteiger partial charge in [0.05, 0.1) is 32.6 Å². The van der Waals surface area contributed by atoms with Crippen molar-refractivity contribution in [3.8, 4) is 17.1 Å². The molecule has 0 amide bonds. The quantitative estimate of drug-likeness (QED) is 0.152. The van der Waals surface area contributed by atoms with Crippen LogP contribution in [0.5, 0.6) is 0 Å². The lowest BCUT2D eigenvalue weighted by atomic mass is 9.83. The molecule has 0 N–H and O–H groups in total. The maximum Gasteiger partial charge on any atom is 0.146 e. The maximum absolute atomic E-state index is 5.63. The van der Waals surface area contributed by atoms with Crippen LogP contribution in [0.15, 0.2) is 156 Å². The normalized spacial score (nSPS) is 12.2. The minimum atomic E-state index is -0.0467. The number of fused-ring (bicyclic) bond motifs is 1. The Morgan fingerprint density at radius 2 is 0.937 bits per heavy atom. The first-order valence-corrected chi connectivity index (χ1v) is 23.0. The second kappa shape index (κ2) is 16.7. The molecule has 0 spiro atoms. The van der Waals surface area contributed by atoms with Gasteiger partial charge in [0.25, 0.3) is 0 Å². The van der Waals surface area contributed by atoms with Crippen LogP contribution in [0, 0.1) is 20.8 Å². The molecule has 4 nitrogen and oxygen atoms in total. The molecule has 63 heavy (non-hydrogen) atoms. The number of hydrogen-bond acceptors (Lipinski definition) is 3. The molecule has 0 aliphatic heterocycles. The van der Waals surface area contributed by atoms with Gasteiger partial charge in [0.2, 0.25) is 0 Å². The number of rotatable bonds is 8. The summed E-state index contributed by atoms with van der Waals surface area (Å²) in [6.07, 6.45) is 0. The molecule has 0 aliphatic rings. The highest BCUT2D eigenvalue weighted by Crippen LogP contribution is 2.49. The molecule has 1 heterocycles. The Morgan fingerprint density at radius 1 is 0.460 bits per heavy atom. The Hall–Kier alpha value is -5.91. The second-order valence-corrected chi connectivity index (χ2v) is 21.0. The van der Waals surface area contributed by atoms with Crippen molar-refractivity contribution in [2.45, 2.75) is 99.3 Å². The molecule has 0 bridgehead atoms. The Morgan fingerprint density at radius 3 is 1.44 bits per heavy atom. The number of halogens is 1. The number of nitrogens with zero attached hydrogens (tertiary/aromatic N) is 4. The van der Waals surface area contributed by atoms with Gasteiger partial charge in [-0.3, -0.25) is 4.57 Å². The smallest absolute Gasteiger partial charge is 0.146 e. The summed E-state index contributed by atoms with van der Waals surface area (Å²) >= 11 is 4.36. The summed E-state index contributed by atoms with van der Waals surface area (Å²) in [5, 5.41) is 0. The lowest BCUT2D eigenvalue weighted by molar-refractivity contribution is 0.589. The van der Waals surface area contributed by atoms with Gasteiger partial charge in [0.1, 0.15) is 5.82 Å². The van der Waals surface area contributed by atoms with Crippen molar-refractivity contribution < 1.29 is 0 Å². The summed E-state index contributed by atoms with van der Waals surface area (Å²) in [7, 11) is 0. The predicted octanol–water partition coefficient (Wildman–Crippen LogP) is 17.2. The summed E-state index contributed by atoms with van der Waals surface area (Å²) in [5.41, 5.74) is 17.9. The molecule has 320 valence electrons. The van der Waals surface area contributed by atoms with Gasteiger partial charge in [-0.15, -0.1) is 0 Å². The van der Waals surface area contributed by atoms with Gasteiger partial charge in [-0.25, -0.2) is 4.98 Å². The SMILES string of the molecule is Cc1ccc(N(c2ccc(C(C)(C)C)cc2)c2cc(N(c3ccccc3)c3ccccc3)cc(-n3c(-c4c(C)cc(C(C)(C)C)cc4C)nc4cc(C(C)(C)C)ccc43)c2Br)cc1. The van der Waals surface area contributed by atoms with Crippen LogP contribution in [0.3, 0.4) is 0 Å². The van der Waals surface area contributed by atoms with Crippen molar-refractivity contribution in [3.63, 3.8) is 0 Å². The van der Waals surface area contributed by atoms with E-state index < -0.39 is 0 Å². The van der Waals surface area contributed by atoms with Crippen LogP contribution in [0.25, 0.3) is 28.1 Å². The van der Waals surface area contributed by atoms with Crippen molar-refractivity contribution in [2.75, 3.05) is 9.80 Å². The molecular weight excluding hydrogens is 833 g/mol. The van der Waals surface area contributed by atoms with Crippen LogP contribution in [0.2, 0.25) is 0 Å². The Bertz CT molecular complexity index is 2840. The summed E-state index contributed by atoms with van der Waals surface area (Å²) in [6.45, 7) is 27.1. The van der Waals surface area contributed by atoms with Crippen LogP contribution < -0.4 is 9.80 Å². The summed E-state index contributed by atoms with van der Waals surface area (Å²) in [5.74, 6) is 0.915. The fourth-order valence-corrected chi connectivity index (χ4v) is 9.16. The monoisotopic (exact) mass is 892 g/mol. The second-order valence-electron chi connectivity index (χ2n) is 20.2. The molecule has 8 rings (SSSR count). The fraction of sp³-hybridized carbons (Fsp3) is 0.259. The predicted molar refractivity (Wildman–Crippen MR) is 274 cm³/mol. The van der Waals surface area contributed by atoms with Gasteiger partial charge in [-0.2, -0.15) is 0 Å². The average molecular weight is 894 g/mol. The third kappa shape index (κ3) is 8.73. The number of imidazole rings is 1. The van der Waals surface area contributed by atoms with Gasteiger partial charge in [-0.1, -0.05) is 147 Å². The molecule has 0 aliphatic carbocycles. The highest BCUT2D eigenvalue weighted by atomic mass is 79.9. The van der Waals surface area contributed by atoms with E-state index in [2.05, 4.69) is 265 Å². The number of aromatic nitrogens is 2. The van der Waals surface area contributed by atoms with Crippen LogP contribution in [0.4, 0.5) is 34.1 Å². The molecule has 0 saturated heterocycles. The first-order valence-electron chi connectivity index (χ1n) is 22.2. The van der Waals surface area contributed by atoms with Crippen molar-refractivity contribution in [1.29, 1.82) is 0 Å². The number of benzene rings is 7. The zero-order chi connectivity index (χ0) is 45.0. The van der Waals surface area contributed by atoms with E-state index in [1.807, 2.05) is 0 Å². The van der Waals surface area contributed by atoms with Gasteiger partial charge in [0.15, 0.2) is 0 Å². The third-order valence-corrected chi connectivity index (χ3v) is 13.0. The molecule has 8 aromatic rings. The van der Waals surface area contributed by atoms with E-state index in [0.29, 0.717) is 0 Å². The van der Waals surface area contributed by atoms with Crippen LogP contribution in [-0.4, -0.2) is 9.55 Å². The van der Waals surface area contributed by atoms with Crippen LogP contribution >= 0.6 is 15.9 Å². The van der Waals surface area contributed by atoms with Gasteiger partial charge in [0, 0.05) is 28.3 Å². The summed E-state index contributed by atoms with van der Waals surface area (Å²) in [4.78, 5) is 10.4. The standard InChI is InChI=1S/C58H61BrN4/c1-38-23-28-46(29-24-38)62(47-30-25-41(26-31-47)56(4,5)6)51-36-48(61(44-19-15-13-16-20-44)45-21-17-14-18-22-45)37-52(54(51)59)63-50-32-27-42(57(7,8)9)35-49(50)60-55(63)53-39(2)33-43(34-40(53)3)58(10,11)12/h13-37H,1-12H3. The molecule has 7 aromatic carbocycles. The molecule has 0 radical (unpaired) electrons. The van der Waals surface area contributed by atoms with Crippen molar-refractivity contribution in [2.24, 2.45) is 0 Å². The van der Waals surface area contributed by atoms with E-state index in [4.69, 9.17) is 4.98 Å². The number of para-hydroxylation sites is 2. The molecular formula is C58H61BrN4. The minimum Gasteiger partial charge on any atom is -0.310 e. The zero-order valence-electron chi connectivity index (χ0n) is 39.1. The highest BCUT2D eigenvalue weighted by molar-refractivity contribution is 9.10. The van der Waals surface area contributed by atoms with Crippen molar-refractivity contribution in [1.82, 2.24) is 9.55 Å². The van der Waals surface area contributed by atoms with Crippen LogP contribution in [-0.2, 0) is 16.2 Å². The molecule has 1 aromatic heterocycles. The Balaban J connectivity index is 1.51. The zero-order valence-corrected chi connectivity index (χ0v) is 40.7. The molecule has 0 saturated carbocycles. The Labute approximate surface area is 384 Å². The van der Waals surface area contributed by atoms with Crippen molar-refractivity contribution >= 4 is 61.1 Å². The molecule has 0 atom stereocenters. The summed E-state index contributed by atoms with van der Waals surface area (Å²) in [6, 6.07) is 55.5. The van der Waals surface area contributed by atoms with Crippen molar-refractivity contribution in [3.05, 3.63) is 190 Å². The number of anilines is 6. The number of hydrogen-bond donors (Lipinski definition) is 0. The highest BCUT2D eigenvalue weighted by Gasteiger charge is 2.28. The first kappa shape index (κ1) is 43.7. The summed E-state index contributed by atoms with van der Waals surface area (Å²) < 4.78 is 3.35. The molecule has 5 heteroatoms. The fourth-order valence-electron chi connectivity index (χ4n) is 8.57. The van der Waals surface area contributed by atoms with E-state index in [-0.39, 0.29) is 16.2 Å². The number of aryl methyl sites for hydroxylation is 3. The largest absolute Gasteiger partial charge is 0.310 e. The van der Waals surface area contributed by atoms with Gasteiger partial charge in [-0.05, 0) is 154 Å². The average Bonchev–Trinajstić information content (AvgIpc) is 3.60. The van der Waals surface area contributed by atoms with E-state index in [0.717, 1.165) is 66.7 Å². The maximum atomic E-state index is 5.63. The third-order valence-electron chi connectivity index (χ3n) is 12.2. The Kier molecular flexibility index (Phi) is 11.6. The molecule has 0 fully saturated rings. The van der Waals surface area contributed by atoms with Crippen LogP contribution in [0.1, 0.15) is 95.7 Å². The molecule has 0 unspecified atom stereocenters. The van der Waals surface area contributed by atoms with Gasteiger partial charge >= 0.3 is 0 Å². The first-order chi connectivity index (χ1) is 29.8. The van der Waals surface area contributed by atoms with Gasteiger partial charge < -0.3 is 9.80 Å². The lowest BCUT2D eigenvalue weighted by Gasteiger charge is -2.32. The van der Waals surface area contributed by atoms with E-state index in [1.54, 1.807) is 0 Å². The van der Waals surface area contributed by atoms with E-state index in [9.17, 15) is 0 Å². The minimum absolute atomic E-state index is 0.00487. The van der Waals surface area contributed by atoms with E-state index in [1.165, 1.54) is 33.4 Å². The van der Waals surface area contributed by atoms with E-state index >= 15 is 0 Å². The lowest BCUT2D eigenvalue weighted by Crippen LogP contribution is -2.16. The topological polar surface area (TPSA) is 24.3 Å².